The van der Waals surface area contributed by atoms with Gasteiger partial charge >= 0.3 is 5.97 Å². The highest BCUT2D eigenvalue weighted by atomic mass is 127. The van der Waals surface area contributed by atoms with Gasteiger partial charge < -0.3 is 14.8 Å². The van der Waals surface area contributed by atoms with Crippen LogP contribution in [0, 0.1) is 7.14 Å². The molecule has 0 radical (unpaired) electrons. The van der Waals surface area contributed by atoms with Gasteiger partial charge in [-0.3, -0.25) is 19.3 Å². The minimum Gasteiger partial charge on any atom is -0.487 e. The second kappa shape index (κ2) is 14.5. The summed E-state index contributed by atoms with van der Waals surface area (Å²) in [5.74, 6) is -1.21. The molecule has 1 aliphatic heterocycles. The zero-order valence-corrected chi connectivity index (χ0v) is 27.5. The van der Waals surface area contributed by atoms with E-state index in [9.17, 15) is 19.2 Å². The number of carbonyl (C=O) groups excluding carboxylic acids is 4. The van der Waals surface area contributed by atoms with Crippen molar-refractivity contribution < 1.29 is 28.7 Å². The zero-order valence-electron chi connectivity index (χ0n) is 21.6. The third-order valence-electron chi connectivity index (χ3n) is 5.63. The molecule has 3 aromatic carbocycles. The molecule has 1 heterocycles. The molecule has 0 bridgehead atoms. The van der Waals surface area contributed by atoms with Crippen LogP contribution in [0.4, 0.5) is 10.5 Å². The molecule has 8 nitrogen and oxygen atoms in total. The second-order valence-electron chi connectivity index (χ2n) is 8.73. The Balaban J connectivity index is 1.48. The van der Waals surface area contributed by atoms with Crippen molar-refractivity contribution in [3.8, 4) is 5.75 Å². The first-order chi connectivity index (χ1) is 19.7. The Morgan fingerprint density at radius 1 is 1.07 bits per heavy atom. The van der Waals surface area contributed by atoms with Crippen molar-refractivity contribution in [1.82, 2.24) is 4.90 Å². The average molecular weight is 817 g/mol. The average Bonchev–Trinajstić information content (AvgIpc) is 3.19. The molecule has 4 rings (SSSR count). The lowest BCUT2D eigenvalue weighted by Gasteiger charge is -2.14. The van der Waals surface area contributed by atoms with Crippen molar-refractivity contribution in [2.24, 2.45) is 0 Å². The minimum atomic E-state index is -0.612. The Labute approximate surface area is 273 Å². The maximum Gasteiger partial charge on any atom is 0.339 e. The molecular weight excluding hydrogens is 794 g/mol. The van der Waals surface area contributed by atoms with Crippen LogP contribution in [0.2, 0.25) is 5.02 Å². The number of anilines is 1. The number of benzene rings is 3. The first-order valence-electron chi connectivity index (χ1n) is 12.3. The summed E-state index contributed by atoms with van der Waals surface area (Å²) >= 11 is 11.2. The fourth-order valence-electron chi connectivity index (χ4n) is 3.72. The summed E-state index contributed by atoms with van der Waals surface area (Å²) in [5.41, 5.74) is 2.02. The van der Waals surface area contributed by atoms with Gasteiger partial charge in [-0.1, -0.05) is 48.9 Å². The first-order valence-corrected chi connectivity index (χ1v) is 15.7. The number of ether oxygens (including phenoxy) is 2. The molecule has 0 aromatic heterocycles. The van der Waals surface area contributed by atoms with E-state index >= 15 is 0 Å². The zero-order chi connectivity index (χ0) is 29.5. The number of esters is 1. The first kappa shape index (κ1) is 31.3. The topological polar surface area (TPSA) is 102 Å². The number of halogens is 3. The number of hydrogen-bond acceptors (Lipinski definition) is 7. The molecule has 12 heteroatoms. The van der Waals surface area contributed by atoms with Crippen LogP contribution in [0.1, 0.15) is 34.8 Å². The van der Waals surface area contributed by atoms with Crippen LogP contribution in [-0.2, 0) is 20.9 Å². The van der Waals surface area contributed by atoms with Crippen LogP contribution >= 0.6 is 68.5 Å². The fraction of sp³-hybridized carbons (Fsp3) is 0.172. The molecule has 1 saturated heterocycles. The summed E-state index contributed by atoms with van der Waals surface area (Å²) in [7, 11) is 0. The van der Waals surface area contributed by atoms with Crippen molar-refractivity contribution in [2.75, 3.05) is 18.5 Å². The second-order valence-corrected chi connectivity index (χ2v) is 12.5. The highest BCUT2D eigenvalue weighted by Gasteiger charge is 2.36. The monoisotopic (exact) mass is 816 g/mol. The third kappa shape index (κ3) is 8.23. The third-order valence-corrected chi connectivity index (χ3v) is 8.29. The van der Waals surface area contributed by atoms with Gasteiger partial charge in [-0.25, -0.2) is 4.79 Å². The van der Waals surface area contributed by atoms with Crippen LogP contribution in [-0.4, -0.2) is 41.1 Å². The molecule has 1 fully saturated rings. The van der Waals surface area contributed by atoms with Crippen LogP contribution in [0.25, 0.3) is 6.08 Å². The van der Waals surface area contributed by atoms with Gasteiger partial charge in [0.15, 0.2) is 0 Å². The lowest BCUT2D eigenvalue weighted by atomic mass is 10.1. The van der Waals surface area contributed by atoms with E-state index in [0.717, 1.165) is 29.4 Å². The number of rotatable bonds is 10. The Hall–Kier alpha value is -2.62. The van der Waals surface area contributed by atoms with E-state index < -0.39 is 29.6 Å². The number of thioether (sulfide) groups is 1. The standard InChI is InChI=1S/C29H23ClI2N2O6S/c1-2-10-39-28(37)21-14-20(8-9-22(21)30)33-25(35)15-34-27(36)24(41-29(34)38)12-18-11-19(31)13-23(32)26(18)40-16-17-6-4-3-5-7-17/h3-9,11-14H,2,10,15-16H2,1H3,(H,33,35)/b24-12+. The number of hydrogen-bond donors (Lipinski definition) is 1. The van der Waals surface area contributed by atoms with Gasteiger partial charge in [-0.2, -0.15) is 0 Å². The molecule has 0 unspecified atom stereocenters. The van der Waals surface area contributed by atoms with Gasteiger partial charge in [0.1, 0.15) is 18.9 Å². The van der Waals surface area contributed by atoms with E-state index in [-0.39, 0.29) is 27.8 Å². The maximum absolute atomic E-state index is 13.2. The van der Waals surface area contributed by atoms with E-state index in [1.165, 1.54) is 18.2 Å². The minimum absolute atomic E-state index is 0.101. The van der Waals surface area contributed by atoms with E-state index in [2.05, 4.69) is 50.5 Å². The van der Waals surface area contributed by atoms with E-state index in [1.807, 2.05) is 49.4 Å². The van der Waals surface area contributed by atoms with Gasteiger partial charge in [0.05, 0.1) is 25.7 Å². The molecule has 1 aliphatic rings. The number of carbonyl (C=O) groups is 4. The largest absolute Gasteiger partial charge is 0.487 e. The molecular formula is C29H23ClI2N2O6S. The Kier molecular flexibility index (Phi) is 11.1. The highest BCUT2D eigenvalue weighted by molar-refractivity contribution is 14.1. The smallest absolute Gasteiger partial charge is 0.339 e. The van der Waals surface area contributed by atoms with E-state index in [4.69, 9.17) is 21.1 Å². The Morgan fingerprint density at radius 3 is 2.56 bits per heavy atom. The molecule has 3 amide bonds. The van der Waals surface area contributed by atoms with Gasteiger partial charge in [-0.05, 0) is 105 Å². The maximum atomic E-state index is 13.2. The predicted octanol–water partition coefficient (Wildman–Crippen LogP) is 7.37. The molecule has 0 spiro atoms. The van der Waals surface area contributed by atoms with Crippen molar-refractivity contribution >= 4 is 103 Å². The molecule has 0 atom stereocenters. The molecule has 3 aromatic rings. The van der Waals surface area contributed by atoms with Crippen LogP contribution in [0.3, 0.4) is 0 Å². The van der Waals surface area contributed by atoms with Gasteiger partial charge in [-0.15, -0.1) is 0 Å². The predicted molar refractivity (Wildman–Crippen MR) is 176 cm³/mol. The lowest BCUT2D eigenvalue weighted by molar-refractivity contribution is -0.127. The SMILES string of the molecule is CCCOC(=O)c1cc(NC(=O)CN2C(=O)S/C(=C/c3cc(I)cc(I)c3OCc3ccccc3)C2=O)ccc1Cl. The highest BCUT2D eigenvalue weighted by Crippen LogP contribution is 2.36. The van der Waals surface area contributed by atoms with Crippen LogP contribution in [0.5, 0.6) is 5.75 Å². The number of amides is 3. The number of nitrogens with one attached hydrogen (secondary N) is 1. The Bertz CT molecular complexity index is 1530. The summed E-state index contributed by atoms with van der Waals surface area (Å²) in [5, 5.41) is 2.22. The van der Waals surface area contributed by atoms with Crippen molar-refractivity contribution in [3.05, 3.63) is 94.4 Å². The molecule has 212 valence electrons. The molecule has 1 N–H and O–H groups in total. The summed E-state index contributed by atoms with van der Waals surface area (Å²) in [6.45, 7) is 1.94. The van der Waals surface area contributed by atoms with Crippen LogP contribution in [0.15, 0.2) is 65.6 Å². The lowest BCUT2D eigenvalue weighted by Crippen LogP contribution is -2.36. The number of imide groups is 1. The van der Waals surface area contributed by atoms with Gasteiger partial charge in [0.25, 0.3) is 11.1 Å². The summed E-state index contributed by atoms with van der Waals surface area (Å²) in [6, 6.07) is 17.9. The fourth-order valence-corrected chi connectivity index (χ4v) is 6.79. The number of nitrogens with zero attached hydrogens (tertiary/aromatic N) is 1. The van der Waals surface area contributed by atoms with Crippen molar-refractivity contribution in [3.63, 3.8) is 0 Å². The summed E-state index contributed by atoms with van der Waals surface area (Å²) in [6.07, 6.45) is 2.26. The van der Waals surface area contributed by atoms with Gasteiger partial charge in [0.2, 0.25) is 5.91 Å². The molecule has 0 saturated carbocycles. The van der Waals surface area contributed by atoms with Crippen LogP contribution < -0.4 is 10.1 Å². The quantitative estimate of drug-likeness (QED) is 0.130. The van der Waals surface area contributed by atoms with E-state index in [0.29, 0.717) is 24.3 Å². The van der Waals surface area contributed by atoms with Gasteiger partial charge in [0, 0.05) is 14.8 Å². The van der Waals surface area contributed by atoms with Crippen molar-refractivity contribution in [2.45, 2.75) is 20.0 Å². The molecule has 0 aliphatic carbocycles. The summed E-state index contributed by atoms with van der Waals surface area (Å²) < 4.78 is 13.0. The molecule has 41 heavy (non-hydrogen) atoms. The normalized spacial score (nSPS) is 14.0. The Morgan fingerprint density at radius 2 is 1.83 bits per heavy atom. The van der Waals surface area contributed by atoms with E-state index in [1.54, 1.807) is 6.08 Å². The summed E-state index contributed by atoms with van der Waals surface area (Å²) in [4.78, 5) is 52.0. The van der Waals surface area contributed by atoms with Crippen molar-refractivity contribution in [1.29, 1.82) is 0 Å².